The van der Waals surface area contributed by atoms with E-state index in [-0.39, 0.29) is 10.2 Å². The summed E-state index contributed by atoms with van der Waals surface area (Å²) in [7, 11) is 0. The van der Waals surface area contributed by atoms with Gasteiger partial charge in [0.1, 0.15) is 0 Å². The Balaban J connectivity index is 3.39. The van der Waals surface area contributed by atoms with Crippen molar-refractivity contribution < 1.29 is 14.7 Å². The Kier molecular flexibility index (Phi) is 6.51. The number of aliphatic hydroxyl groups excluding tert-OH is 1. The lowest BCUT2D eigenvalue weighted by atomic mass is 10.5. The number of hydrogen-bond donors (Lipinski definition) is 1. The highest BCUT2D eigenvalue weighted by atomic mass is 32.2. The molecule has 0 heterocycles. The molecule has 5 heteroatoms. The summed E-state index contributed by atoms with van der Waals surface area (Å²) in [4.78, 5) is 20.9. The molecule has 0 rings (SSSR count). The highest BCUT2D eigenvalue weighted by Gasteiger charge is 2.07. The largest absolute Gasteiger partial charge is 0.391 e. The maximum atomic E-state index is 10.5. The van der Waals surface area contributed by atoms with Crippen LogP contribution in [0.2, 0.25) is 0 Å². The van der Waals surface area contributed by atoms with Gasteiger partial charge in [-0.05, 0) is 0 Å². The van der Waals surface area contributed by atoms with Gasteiger partial charge in [-0.3, -0.25) is 9.59 Å². The van der Waals surface area contributed by atoms with E-state index >= 15 is 0 Å². The summed E-state index contributed by atoms with van der Waals surface area (Å²) >= 11 is 2.15. The zero-order valence-electron chi connectivity index (χ0n) is 7.07. The van der Waals surface area contributed by atoms with Gasteiger partial charge in [0.25, 0.3) is 0 Å². The van der Waals surface area contributed by atoms with Crippen molar-refractivity contribution in [1.29, 1.82) is 0 Å². The number of rotatable bonds is 4. The molecule has 0 unspecified atom stereocenters. The van der Waals surface area contributed by atoms with E-state index in [4.69, 9.17) is 0 Å². The van der Waals surface area contributed by atoms with Crippen molar-refractivity contribution >= 4 is 33.8 Å². The van der Waals surface area contributed by atoms with Crippen molar-refractivity contribution in [2.24, 2.45) is 0 Å². The van der Waals surface area contributed by atoms with Gasteiger partial charge in [-0.25, -0.2) is 0 Å². The predicted octanol–water partition coefficient (Wildman–Crippen LogP) is 0.907. The average molecular weight is 208 g/mol. The monoisotopic (exact) mass is 208 g/mol. The zero-order chi connectivity index (χ0) is 9.56. The molecule has 0 aromatic heterocycles. The summed E-state index contributed by atoms with van der Waals surface area (Å²) in [5.74, 6) is 0.741. The second-order valence-corrected chi connectivity index (χ2v) is 4.65. The third-order valence-electron chi connectivity index (χ3n) is 0.958. The molecular weight excluding hydrogens is 196 g/mol. The van der Waals surface area contributed by atoms with Crippen LogP contribution in [0.25, 0.3) is 0 Å². The van der Waals surface area contributed by atoms with E-state index in [1.165, 1.54) is 13.8 Å². The SMILES string of the molecule is CC(=O)SCC(O)CSC(C)=O. The maximum Gasteiger partial charge on any atom is 0.185 e. The van der Waals surface area contributed by atoms with Crippen LogP contribution in [0.15, 0.2) is 0 Å². The molecule has 0 fully saturated rings. The van der Waals surface area contributed by atoms with E-state index in [0.29, 0.717) is 11.5 Å². The molecule has 0 saturated carbocycles. The van der Waals surface area contributed by atoms with Crippen LogP contribution in [0.1, 0.15) is 13.8 Å². The molecule has 0 atom stereocenters. The molecule has 0 bridgehead atoms. The summed E-state index contributed by atoms with van der Waals surface area (Å²) in [6, 6.07) is 0. The molecule has 1 N–H and O–H groups in total. The first kappa shape index (κ1) is 12.0. The Hall–Kier alpha value is -0.0000000000000000555. The Morgan fingerprint density at radius 3 is 1.75 bits per heavy atom. The number of thioether (sulfide) groups is 2. The van der Waals surface area contributed by atoms with Crippen molar-refractivity contribution in [3.63, 3.8) is 0 Å². The third kappa shape index (κ3) is 8.10. The minimum atomic E-state index is -0.576. The van der Waals surface area contributed by atoms with E-state index in [1.54, 1.807) is 0 Å². The molecule has 0 amide bonds. The first-order chi connectivity index (χ1) is 5.52. The number of carbonyl (C=O) groups excluding carboxylic acids is 2. The standard InChI is InChI=1S/C7H12O3S2/c1-5(8)11-3-7(10)4-12-6(2)9/h7,10H,3-4H2,1-2H3. The zero-order valence-corrected chi connectivity index (χ0v) is 8.70. The second-order valence-electron chi connectivity index (χ2n) is 2.26. The second kappa shape index (κ2) is 6.51. The first-order valence-electron chi connectivity index (χ1n) is 3.47. The van der Waals surface area contributed by atoms with Crippen LogP contribution in [-0.2, 0) is 9.59 Å². The summed E-state index contributed by atoms with van der Waals surface area (Å²) in [6.07, 6.45) is -0.576. The van der Waals surface area contributed by atoms with Gasteiger partial charge in [0, 0.05) is 25.4 Å². The van der Waals surface area contributed by atoms with Crippen molar-refractivity contribution in [3.8, 4) is 0 Å². The van der Waals surface area contributed by atoms with Crippen LogP contribution in [-0.4, -0.2) is 32.9 Å². The smallest absolute Gasteiger partial charge is 0.185 e. The summed E-state index contributed by atoms with van der Waals surface area (Å²) in [6.45, 7) is 2.91. The Morgan fingerprint density at radius 2 is 1.50 bits per heavy atom. The van der Waals surface area contributed by atoms with Gasteiger partial charge in [0.2, 0.25) is 0 Å². The van der Waals surface area contributed by atoms with Crippen LogP contribution in [0, 0.1) is 0 Å². The van der Waals surface area contributed by atoms with E-state index in [9.17, 15) is 14.7 Å². The molecule has 0 aromatic rings. The Bertz CT molecular complexity index is 152. The number of aliphatic hydroxyl groups is 1. The van der Waals surface area contributed by atoms with Crippen molar-refractivity contribution in [2.45, 2.75) is 20.0 Å². The van der Waals surface area contributed by atoms with E-state index in [0.717, 1.165) is 23.5 Å². The highest BCUT2D eigenvalue weighted by molar-refractivity contribution is 8.14. The van der Waals surface area contributed by atoms with Gasteiger partial charge < -0.3 is 5.11 Å². The lowest BCUT2D eigenvalue weighted by Crippen LogP contribution is -2.14. The van der Waals surface area contributed by atoms with Crippen molar-refractivity contribution in [1.82, 2.24) is 0 Å². The molecule has 70 valence electrons. The van der Waals surface area contributed by atoms with Gasteiger partial charge in [0.15, 0.2) is 10.2 Å². The number of hydrogen-bond acceptors (Lipinski definition) is 5. The molecule has 0 spiro atoms. The third-order valence-corrected chi connectivity index (χ3v) is 2.87. The normalized spacial score (nSPS) is 10.3. The van der Waals surface area contributed by atoms with Crippen LogP contribution in [0.3, 0.4) is 0 Å². The first-order valence-corrected chi connectivity index (χ1v) is 5.44. The molecule has 0 radical (unpaired) electrons. The van der Waals surface area contributed by atoms with Crippen LogP contribution < -0.4 is 0 Å². The van der Waals surface area contributed by atoms with Gasteiger partial charge >= 0.3 is 0 Å². The highest BCUT2D eigenvalue weighted by Crippen LogP contribution is 2.09. The Labute approximate surface area is 80.3 Å². The van der Waals surface area contributed by atoms with Crippen LogP contribution >= 0.6 is 23.5 Å². The van der Waals surface area contributed by atoms with Gasteiger partial charge in [-0.15, -0.1) is 0 Å². The summed E-state index contributed by atoms with van der Waals surface area (Å²) < 4.78 is 0. The molecule has 0 aliphatic heterocycles. The fourth-order valence-corrected chi connectivity index (χ4v) is 1.71. The predicted molar refractivity (Wildman–Crippen MR) is 52.3 cm³/mol. The Morgan fingerprint density at radius 1 is 1.17 bits per heavy atom. The topological polar surface area (TPSA) is 54.4 Å². The molecule has 0 aromatic carbocycles. The minimum Gasteiger partial charge on any atom is -0.391 e. The molecule has 12 heavy (non-hydrogen) atoms. The number of carbonyl (C=O) groups is 2. The van der Waals surface area contributed by atoms with E-state index in [2.05, 4.69) is 0 Å². The van der Waals surface area contributed by atoms with Crippen LogP contribution in [0.5, 0.6) is 0 Å². The quantitative estimate of drug-likeness (QED) is 0.744. The fraction of sp³-hybridized carbons (Fsp3) is 0.714. The summed E-state index contributed by atoms with van der Waals surface area (Å²) in [5.41, 5.74) is 0. The lowest BCUT2D eigenvalue weighted by Gasteiger charge is -2.05. The minimum absolute atomic E-state index is 0.0122. The van der Waals surface area contributed by atoms with Gasteiger partial charge in [-0.2, -0.15) is 0 Å². The summed E-state index contributed by atoms with van der Waals surface area (Å²) in [5, 5.41) is 9.18. The van der Waals surface area contributed by atoms with Crippen LogP contribution in [0.4, 0.5) is 0 Å². The molecule has 3 nitrogen and oxygen atoms in total. The average Bonchev–Trinajstić information content (AvgIpc) is 1.96. The molecule has 0 aliphatic carbocycles. The molecule has 0 aliphatic rings. The lowest BCUT2D eigenvalue weighted by molar-refractivity contribution is -0.109. The van der Waals surface area contributed by atoms with Gasteiger partial charge in [0.05, 0.1) is 6.10 Å². The van der Waals surface area contributed by atoms with Crippen molar-refractivity contribution in [3.05, 3.63) is 0 Å². The van der Waals surface area contributed by atoms with Gasteiger partial charge in [-0.1, -0.05) is 23.5 Å². The van der Waals surface area contributed by atoms with E-state index < -0.39 is 6.10 Å². The van der Waals surface area contributed by atoms with Crippen molar-refractivity contribution in [2.75, 3.05) is 11.5 Å². The molecule has 0 saturated heterocycles. The maximum absolute atomic E-state index is 10.5. The molecular formula is C7H12O3S2. The van der Waals surface area contributed by atoms with E-state index in [1.807, 2.05) is 0 Å². The fourth-order valence-electron chi connectivity index (χ4n) is 0.475.